The van der Waals surface area contributed by atoms with Gasteiger partial charge in [0, 0.05) is 13.2 Å². The fourth-order valence-electron chi connectivity index (χ4n) is 1.94. The average molecular weight is 304 g/mol. The van der Waals surface area contributed by atoms with Crippen molar-refractivity contribution in [3.8, 4) is 0 Å². The lowest BCUT2D eigenvalue weighted by atomic mass is 10.1. The van der Waals surface area contributed by atoms with Gasteiger partial charge in [0.25, 0.3) is 0 Å². The van der Waals surface area contributed by atoms with E-state index in [2.05, 4.69) is 13.8 Å². The summed E-state index contributed by atoms with van der Waals surface area (Å²) in [4.78, 5) is 0. The molecule has 0 rings (SSSR count). The zero-order valence-corrected chi connectivity index (χ0v) is 14.1. The molecule has 4 heteroatoms. The molecule has 0 aliphatic rings. The van der Waals surface area contributed by atoms with Gasteiger partial charge < -0.3 is 19.3 Å². The smallest absolute Gasteiger partial charge is 0.101 e. The number of aliphatic hydroxyl groups excluding tert-OH is 1. The molecule has 0 spiro atoms. The summed E-state index contributed by atoms with van der Waals surface area (Å²) in [6.07, 6.45) is 9.26. The van der Waals surface area contributed by atoms with Gasteiger partial charge in [0.1, 0.15) is 6.10 Å². The molecule has 0 heterocycles. The van der Waals surface area contributed by atoms with Crippen LogP contribution in [0, 0.1) is 0 Å². The van der Waals surface area contributed by atoms with Crippen LogP contribution >= 0.6 is 0 Å². The first-order valence-electron chi connectivity index (χ1n) is 8.72. The van der Waals surface area contributed by atoms with Crippen molar-refractivity contribution in [2.75, 3.05) is 39.6 Å². The first-order valence-corrected chi connectivity index (χ1v) is 8.72. The molecule has 0 unspecified atom stereocenters. The molecular formula is C17H36O4. The van der Waals surface area contributed by atoms with Crippen LogP contribution in [0.3, 0.4) is 0 Å². The van der Waals surface area contributed by atoms with Crippen molar-refractivity contribution < 1.29 is 19.3 Å². The topological polar surface area (TPSA) is 47.9 Å². The monoisotopic (exact) mass is 304 g/mol. The van der Waals surface area contributed by atoms with Gasteiger partial charge in [0.05, 0.1) is 26.4 Å². The largest absolute Gasteiger partial charge is 0.388 e. The zero-order chi connectivity index (χ0) is 15.6. The number of rotatable bonds is 17. The van der Waals surface area contributed by atoms with Crippen LogP contribution in [0.2, 0.25) is 0 Å². The highest BCUT2D eigenvalue weighted by Gasteiger charge is 2.04. The van der Waals surface area contributed by atoms with Crippen molar-refractivity contribution in [2.24, 2.45) is 0 Å². The number of hydrogen-bond acceptors (Lipinski definition) is 4. The van der Waals surface area contributed by atoms with Crippen molar-refractivity contribution >= 4 is 0 Å². The summed E-state index contributed by atoms with van der Waals surface area (Å²) in [5.74, 6) is 0. The van der Waals surface area contributed by atoms with E-state index in [1.54, 1.807) is 0 Å². The maximum atomic E-state index is 9.67. The SMILES string of the molecule is CCCCCCCCOC[C@H](O)COCCOCCCC. The fourth-order valence-corrected chi connectivity index (χ4v) is 1.94. The highest BCUT2D eigenvalue weighted by atomic mass is 16.5. The van der Waals surface area contributed by atoms with Gasteiger partial charge in [0.15, 0.2) is 0 Å². The van der Waals surface area contributed by atoms with E-state index in [0.717, 1.165) is 32.5 Å². The van der Waals surface area contributed by atoms with Crippen molar-refractivity contribution in [3.63, 3.8) is 0 Å². The molecule has 0 saturated heterocycles. The third kappa shape index (κ3) is 17.8. The second kappa shape index (κ2) is 17.9. The highest BCUT2D eigenvalue weighted by molar-refractivity contribution is 4.52. The van der Waals surface area contributed by atoms with Crippen LogP contribution in [0.4, 0.5) is 0 Å². The zero-order valence-electron chi connectivity index (χ0n) is 14.1. The minimum atomic E-state index is -0.527. The van der Waals surface area contributed by atoms with Crippen LogP contribution in [0.15, 0.2) is 0 Å². The summed E-state index contributed by atoms with van der Waals surface area (Å²) in [5.41, 5.74) is 0. The van der Waals surface area contributed by atoms with Crippen LogP contribution in [0.1, 0.15) is 65.2 Å². The third-order valence-electron chi connectivity index (χ3n) is 3.28. The Morgan fingerprint density at radius 2 is 1.14 bits per heavy atom. The fraction of sp³-hybridized carbons (Fsp3) is 1.00. The number of aliphatic hydroxyl groups is 1. The molecule has 4 nitrogen and oxygen atoms in total. The lowest BCUT2D eigenvalue weighted by Crippen LogP contribution is -2.23. The van der Waals surface area contributed by atoms with Crippen LogP contribution in [-0.2, 0) is 14.2 Å². The quantitative estimate of drug-likeness (QED) is 0.417. The van der Waals surface area contributed by atoms with Crippen molar-refractivity contribution in [3.05, 3.63) is 0 Å². The van der Waals surface area contributed by atoms with Gasteiger partial charge in [-0.1, -0.05) is 52.4 Å². The Morgan fingerprint density at radius 1 is 0.619 bits per heavy atom. The van der Waals surface area contributed by atoms with Crippen LogP contribution in [-0.4, -0.2) is 50.9 Å². The second-order valence-electron chi connectivity index (χ2n) is 5.54. The highest BCUT2D eigenvalue weighted by Crippen LogP contribution is 2.05. The molecule has 0 radical (unpaired) electrons. The summed E-state index contributed by atoms with van der Waals surface area (Å²) in [6, 6.07) is 0. The van der Waals surface area contributed by atoms with Crippen LogP contribution < -0.4 is 0 Å². The van der Waals surface area contributed by atoms with Gasteiger partial charge >= 0.3 is 0 Å². The molecule has 0 bridgehead atoms. The van der Waals surface area contributed by atoms with E-state index in [9.17, 15) is 5.11 Å². The predicted octanol–water partition coefficient (Wildman–Crippen LogP) is 3.56. The van der Waals surface area contributed by atoms with Gasteiger partial charge in [-0.05, 0) is 12.8 Å². The molecule has 1 N–H and O–H groups in total. The van der Waals surface area contributed by atoms with Gasteiger partial charge in [0.2, 0.25) is 0 Å². The Kier molecular flexibility index (Phi) is 17.8. The lowest BCUT2D eigenvalue weighted by Gasteiger charge is -2.12. The maximum absolute atomic E-state index is 9.67. The van der Waals surface area contributed by atoms with Crippen molar-refractivity contribution in [1.82, 2.24) is 0 Å². The predicted molar refractivity (Wildman–Crippen MR) is 86.7 cm³/mol. The van der Waals surface area contributed by atoms with Gasteiger partial charge in [-0.25, -0.2) is 0 Å². The summed E-state index contributed by atoms with van der Waals surface area (Å²) in [7, 11) is 0. The van der Waals surface area contributed by atoms with Gasteiger partial charge in [-0.2, -0.15) is 0 Å². The Hall–Kier alpha value is -0.160. The van der Waals surface area contributed by atoms with E-state index in [1.807, 2.05) is 0 Å². The van der Waals surface area contributed by atoms with Crippen molar-refractivity contribution in [2.45, 2.75) is 71.3 Å². The Labute approximate surface area is 131 Å². The molecule has 21 heavy (non-hydrogen) atoms. The number of unbranched alkanes of at least 4 members (excludes halogenated alkanes) is 6. The lowest BCUT2D eigenvalue weighted by molar-refractivity contribution is -0.0325. The molecule has 0 saturated carbocycles. The van der Waals surface area contributed by atoms with Gasteiger partial charge in [-0.3, -0.25) is 0 Å². The molecule has 1 atom stereocenters. The molecule has 0 aromatic carbocycles. The van der Waals surface area contributed by atoms with Crippen LogP contribution in [0.5, 0.6) is 0 Å². The number of hydrogen-bond donors (Lipinski definition) is 1. The molecular weight excluding hydrogens is 268 g/mol. The first kappa shape index (κ1) is 20.8. The minimum absolute atomic E-state index is 0.327. The third-order valence-corrected chi connectivity index (χ3v) is 3.28. The molecule has 0 fully saturated rings. The Bertz CT molecular complexity index is 188. The van der Waals surface area contributed by atoms with E-state index in [0.29, 0.717) is 26.4 Å². The van der Waals surface area contributed by atoms with Crippen LogP contribution in [0.25, 0.3) is 0 Å². The van der Waals surface area contributed by atoms with E-state index >= 15 is 0 Å². The summed E-state index contributed by atoms with van der Waals surface area (Å²) in [5, 5.41) is 9.67. The summed E-state index contributed by atoms with van der Waals surface area (Å²) >= 11 is 0. The second-order valence-corrected chi connectivity index (χ2v) is 5.54. The van der Waals surface area contributed by atoms with E-state index in [1.165, 1.54) is 32.1 Å². The molecule has 128 valence electrons. The molecule has 0 aromatic rings. The first-order chi connectivity index (χ1) is 10.3. The van der Waals surface area contributed by atoms with E-state index in [4.69, 9.17) is 14.2 Å². The Morgan fingerprint density at radius 3 is 1.86 bits per heavy atom. The molecule has 0 aliphatic heterocycles. The minimum Gasteiger partial charge on any atom is -0.388 e. The summed E-state index contributed by atoms with van der Waals surface area (Å²) < 4.78 is 16.2. The molecule has 0 aromatic heterocycles. The van der Waals surface area contributed by atoms with E-state index < -0.39 is 6.10 Å². The summed E-state index contributed by atoms with van der Waals surface area (Å²) in [6.45, 7) is 7.74. The standard InChI is InChI=1S/C17H36O4/c1-3-5-7-8-9-10-12-20-15-17(18)16-21-14-13-19-11-6-4-2/h17-18H,3-16H2,1-2H3/t17-/m0/s1. The normalized spacial score (nSPS) is 12.7. The molecule has 0 amide bonds. The van der Waals surface area contributed by atoms with E-state index in [-0.39, 0.29) is 0 Å². The number of ether oxygens (including phenoxy) is 3. The van der Waals surface area contributed by atoms with Crippen molar-refractivity contribution in [1.29, 1.82) is 0 Å². The van der Waals surface area contributed by atoms with Gasteiger partial charge in [-0.15, -0.1) is 0 Å². The average Bonchev–Trinajstić information content (AvgIpc) is 2.49. The Balaban J connectivity index is 3.11. The molecule has 0 aliphatic carbocycles. The maximum Gasteiger partial charge on any atom is 0.101 e.